The topological polar surface area (TPSA) is 72.7 Å². The number of hydrogen-bond donors (Lipinski definition) is 0. The first-order chi connectivity index (χ1) is 8.86. The van der Waals surface area contributed by atoms with Gasteiger partial charge >= 0.3 is 5.97 Å². The highest BCUT2D eigenvalue weighted by molar-refractivity contribution is 6.31. The maximum Gasteiger partial charge on any atom is 0.322 e. The van der Waals surface area contributed by atoms with E-state index in [0.717, 1.165) is 0 Å². The fourth-order valence-electron chi connectivity index (χ4n) is 1.55. The Hall–Kier alpha value is -1.66. The van der Waals surface area contributed by atoms with Crippen molar-refractivity contribution in [3.8, 4) is 0 Å². The number of nitrogens with zero attached hydrogens (tertiary/aromatic N) is 2. The molecule has 0 aromatic heterocycles. The molecule has 0 bridgehead atoms. The second-order valence-corrected chi connectivity index (χ2v) is 4.55. The molecule has 1 atom stereocenters. The molecule has 1 aromatic rings. The number of likely N-dealkylation sites (N-methyl/N-ethyl adjacent to an activating group) is 1. The fourth-order valence-corrected chi connectivity index (χ4v) is 1.73. The molecular formula is C12H15ClN2O4. The summed E-state index contributed by atoms with van der Waals surface area (Å²) in [6.07, 6.45) is 0. The standard InChI is InChI=1S/C12H15ClN2O4/c1-8(12(16)19-3)14(2)7-9-6-10(15(17)18)4-5-11(9)13/h4-6,8H,7H2,1-3H3/t8-/m0/s1. The zero-order valence-electron chi connectivity index (χ0n) is 10.9. The zero-order chi connectivity index (χ0) is 14.6. The summed E-state index contributed by atoms with van der Waals surface area (Å²) in [6.45, 7) is 2.01. The summed E-state index contributed by atoms with van der Waals surface area (Å²) in [5.41, 5.74) is 0.563. The van der Waals surface area contributed by atoms with Crippen LogP contribution in [0.1, 0.15) is 12.5 Å². The van der Waals surface area contributed by atoms with E-state index >= 15 is 0 Å². The Labute approximate surface area is 116 Å². The first-order valence-corrected chi connectivity index (χ1v) is 5.95. The van der Waals surface area contributed by atoms with Crippen LogP contribution in [0.3, 0.4) is 0 Å². The third-order valence-corrected chi connectivity index (χ3v) is 3.23. The summed E-state index contributed by atoms with van der Waals surface area (Å²) in [7, 11) is 3.03. The maximum atomic E-state index is 11.4. The molecular weight excluding hydrogens is 272 g/mol. The Bertz CT molecular complexity index is 493. The molecule has 104 valence electrons. The van der Waals surface area contributed by atoms with Crippen molar-refractivity contribution in [3.05, 3.63) is 38.9 Å². The summed E-state index contributed by atoms with van der Waals surface area (Å²) < 4.78 is 4.64. The molecule has 0 spiro atoms. The number of nitro benzene ring substituents is 1. The summed E-state index contributed by atoms with van der Waals surface area (Å²) in [6, 6.07) is 3.77. The number of methoxy groups -OCH3 is 1. The van der Waals surface area contributed by atoms with Crippen LogP contribution in [0.2, 0.25) is 5.02 Å². The number of carbonyl (C=O) groups excluding carboxylic acids is 1. The number of carbonyl (C=O) groups is 1. The number of halogens is 1. The Balaban J connectivity index is 2.89. The van der Waals surface area contributed by atoms with E-state index in [1.807, 2.05) is 0 Å². The van der Waals surface area contributed by atoms with Gasteiger partial charge in [0, 0.05) is 23.7 Å². The molecule has 0 radical (unpaired) electrons. The van der Waals surface area contributed by atoms with Crippen molar-refractivity contribution in [1.29, 1.82) is 0 Å². The maximum absolute atomic E-state index is 11.4. The highest BCUT2D eigenvalue weighted by Crippen LogP contribution is 2.23. The lowest BCUT2D eigenvalue weighted by atomic mass is 10.1. The summed E-state index contributed by atoms with van der Waals surface area (Å²) in [4.78, 5) is 23.3. The van der Waals surface area contributed by atoms with Gasteiger partial charge in [0.25, 0.3) is 5.69 Å². The SMILES string of the molecule is COC(=O)[C@H](C)N(C)Cc1cc([N+](=O)[O-])ccc1Cl. The molecule has 1 aromatic carbocycles. The second-order valence-electron chi connectivity index (χ2n) is 4.15. The van der Waals surface area contributed by atoms with Crippen LogP contribution in [0.25, 0.3) is 0 Å². The van der Waals surface area contributed by atoms with Gasteiger partial charge in [0.05, 0.1) is 12.0 Å². The van der Waals surface area contributed by atoms with Gasteiger partial charge in [0.15, 0.2) is 0 Å². The average Bonchev–Trinajstić information content (AvgIpc) is 2.38. The van der Waals surface area contributed by atoms with Gasteiger partial charge in [0.2, 0.25) is 0 Å². The lowest BCUT2D eigenvalue weighted by Gasteiger charge is -2.22. The van der Waals surface area contributed by atoms with E-state index in [4.69, 9.17) is 11.6 Å². The number of benzene rings is 1. The van der Waals surface area contributed by atoms with Crippen LogP contribution in [-0.4, -0.2) is 36.0 Å². The molecule has 0 amide bonds. The third-order valence-electron chi connectivity index (χ3n) is 2.86. The summed E-state index contributed by atoms with van der Waals surface area (Å²) in [5, 5.41) is 11.1. The van der Waals surface area contributed by atoms with Gasteiger partial charge in [-0.25, -0.2) is 0 Å². The molecule has 19 heavy (non-hydrogen) atoms. The monoisotopic (exact) mass is 286 g/mol. The normalized spacial score (nSPS) is 12.3. The molecule has 0 heterocycles. The fraction of sp³-hybridized carbons (Fsp3) is 0.417. The smallest absolute Gasteiger partial charge is 0.322 e. The first-order valence-electron chi connectivity index (χ1n) is 5.57. The summed E-state index contributed by atoms with van der Waals surface area (Å²) >= 11 is 6.00. The van der Waals surface area contributed by atoms with E-state index in [1.165, 1.54) is 25.3 Å². The van der Waals surface area contributed by atoms with Gasteiger partial charge in [-0.2, -0.15) is 0 Å². The molecule has 0 saturated heterocycles. The molecule has 0 aliphatic carbocycles. The number of esters is 1. The first kappa shape index (κ1) is 15.4. The number of rotatable bonds is 5. The highest BCUT2D eigenvalue weighted by atomic mass is 35.5. The van der Waals surface area contributed by atoms with E-state index in [2.05, 4.69) is 4.74 Å². The molecule has 0 fully saturated rings. The van der Waals surface area contributed by atoms with Crippen LogP contribution in [0, 0.1) is 10.1 Å². The van der Waals surface area contributed by atoms with Gasteiger partial charge < -0.3 is 4.74 Å². The van der Waals surface area contributed by atoms with Crippen LogP contribution in [-0.2, 0) is 16.1 Å². The van der Waals surface area contributed by atoms with Crippen LogP contribution in [0.5, 0.6) is 0 Å². The van der Waals surface area contributed by atoms with E-state index in [9.17, 15) is 14.9 Å². The molecule has 1 rings (SSSR count). The Morgan fingerprint density at radius 3 is 2.74 bits per heavy atom. The van der Waals surface area contributed by atoms with Crippen molar-refractivity contribution in [2.45, 2.75) is 19.5 Å². The Morgan fingerprint density at radius 1 is 1.58 bits per heavy atom. The van der Waals surface area contributed by atoms with Crippen LogP contribution < -0.4 is 0 Å². The lowest BCUT2D eigenvalue weighted by molar-refractivity contribution is -0.384. The van der Waals surface area contributed by atoms with Crippen molar-refractivity contribution in [2.75, 3.05) is 14.2 Å². The summed E-state index contributed by atoms with van der Waals surface area (Å²) in [5.74, 6) is -0.371. The minimum atomic E-state index is -0.483. The molecule has 7 heteroatoms. The minimum absolute atomic E-state index is 0.0291. The average molecular weight is 287 g/mol. The van der Waals surface area contributed by atoms with Gasteiger partial charge in [-0.15, -0.1) is 0 Å². The van der Waals surface area contributed by atoms with Crippen molar-refractivity contribution in [1.82, 2.24) is 4.90 Å². The quantitative estimate of drug-likeness (QED) is 0.471. The second kappa shape index (κ2) is 6.49. The Morgan fingerprint density at radius 2 is 2.21 bits per heavy atom. The molecule has 0 saturated carbocycles. The van der Waals surface area contributed by atoms with Crippen molar-refractivity contribution < 1.29 is 14.5 Å². The van der Waals surface area contributed by atoms with E-state index in [0.29, 0.717) is 17.1 Å². The van der Waals surface area contributed by atoms with Crippen molar-refractivity contribution >= 4 is 23.3 Å². The number of hydrogen-bond acceptors (Lipinski definition) is 5. The zero-order valence-corrected chi connectivity index (χ0v) is 11.7. The predicted molar refractivity (Wildman–Crippen MR) is 71.1 cm³/mol. The van der Waals surface area contributed by atoms with E-state index in [1.54, 1.807) is 18.9 Å². The minimum Gasteiger partial charge on any atom is -0.468 e. The van der Waals surface area contributed by atoms with Crippen LogP contribution in [0.15, 0.2) is 18.2 Å². The van der Waals surface area contributed by atoms with Crippen LogP contribution >= 0.6 is 11.6 Å². The van der Waals surface area contributed by atoms with Gasteiger partial charge in [-0.3, -0.25) is 19.8 Å². The van der Waals surface area contributed by atoms with E-state index in [-0.39, 0.29) is 11.7 Å². The van der Waals surface area contributed by atoms with Gasteiger partial charge in [-0.05, 0) is 25.6 Å². The van der Waals surface area contributed by atoms with Gasteiger partial charge in [-0.1, -0.05) is 11.6 Å². The number of ether oxygens (including phenoxy) is 1. The van der Waals surface area contributed by atoms with E-state index < -0.39 is 11.0 Å². The largest absolute Gasteiger partial charge is 0.468 e. The van der Waals surface area contributed by atoms with Gasteiger partial charge in [0.1, 0.15) is 6.04 Å². The third kappa shape index (κ3) is 3.90. The number of nitro groups is 1. The van der Waals surface area contributed by atoms with Crippen LogP contribution in [0.4, 0.5) is 5.69 Å². The lowest BCUT2D eigenvalue weighted by Crippen LogP contribution is -2.36. The molecule has 6 nitrogen and oxygen atoms in total. The highest BCUT2D eigenvalue weighted by Gasteiger charge is 2.20. The Kier molecular flexibility index (Phi) is 5.26. The number of non-ortho nitro benzene ring substituents is 1. The van der Waals surface area contributed by atoms with Crippen molar-refractivity contribution in [3.63, 3.8) is 0 Å². The predicted octanol–water partition coefficient (Wildman–Crippen LogP) is 2.24. The molecule has 0 aliphatic rings. The molecule has 0 N–H and O–H groups in total. The molecule has 0 aliphatic heterocycles. The molecule has 0 unspecified atom stereocenters. The van der Waals surface area contributed by atoms with Crippen molar-refractivity contribution in [2.24, 2.45) is 0 Å².